The lowest BCUT2D eigenvalue weighted by atomic mass is 10.4. The zero-order valence-electron chi connectivity index (χ0n) is 12.0. The molecule has 2 N–H and O–H groups in total. The van der Waals surface area contributed by atoms with E-state index in [4.69, 9.17) is 0 Å². The lowest BCUT2D eigenvalue weighted by molar-refractivity contribution is -0.143. The number of hydrogen-bond donors (Lipinski definition) is 2. The van der Waals surface area contributed by atoms with Crippen molar-refractivity contribution in [2.45, 2.75) is 19.5 Å². The summed E-state index contributed by atoms with van der Waals surface area (Å²) in [5, 5.41) is 6.07. The lowest BCUT2D eigenvalue weighted by Crippen LogP contribution is -2.37. The molecule has 0 aromatic heterocycles. The quantitative estimate of drug-likeness (QED) is 0.213. The summed E-state index contributed by atoms with van der Waals surface area (Å²) in [5.41, 5.74) is 0. The van der Waals surface area contributed by atoms with Crippen LogP contribution in [-0.2, 0) is 0 Å². The standard InChI is InChI=1S/C12H23F3N4.HI/c1-4-7-17-11(16-5-2)18-8-6-9-19(3)10-12(13,14)15;/h4H,1,5-10H2,2-3H3,(H2,16,17,18);1H. The lowest BCUT2D eigenvalue weighted by Gasteiger charge is -2.17. The molecule has 0 saturated heterocycles. The monoisotopic (exact) mass is 408 g/mol. The van der Waals surface area contributed by atoms with Gasteiger partial charge in [0.25, 0.3) is 0 Å². The summed E-state index contributed by atoms with van der Waals surface area (Å²) in [4.78, 5) is 5.51. The molecule has 0 aromatic rings. The smallest absolute Gasteiger partial charge is 0.357 e. The van der Waals surface area contributed by atoms with Crippen LogP contribution in [-0.4, -0.2) is 56.8 Å². The molecule has 0 saturated carbocycles. The van der Waals surface area contributed by atoms with Gasteiger partial charge in [0.2, 0.25) is 0 Å². The Labute approximate surface area is 135 Å². The van der Waals surface area contributed by atoms with Crippen molar-refractivity contribution in [2.75, 3.05) is 39.8 Å². The van der Waals surface area contributed by atoms with Crippen LogP contribution in [0.2, 0.25) is 0 Å². The molecule has 0 unspecified atom stereocenters. The van der Waals surface area contributed by atoms with Crippen LogP contribution in [0, 0.1) is 0 Å². The molecule has 0 aliphatic rings. The molecule has 0 rings (SSSR count). The van der Waals surface area contributed by atoms with Gasteiger partial charge in [0.1, 0.15) is 0 Å². The van der Waals surface area contributed by atoms with E-state index in [0.717, 1.165) is 6.54 Å². The van der Waals surface area contributed by atoms with Crippen molar-refractivity contribution in [3.63, 3.8) is 0 Å². The molecule has 0 bridgehead atoms. The maximum absolute atomic E-state index is 12.1. The van der Waals surface area contributed by atoms with Gasteiger partial charge in [-0.25, -0.2) is 0 Å². The van der Waals surface area contributed by atoms with Gasteiger partial charge in [0.15, 0.2) is 5.96 Å². The van der Waals surface area contributed by atoms with Crippen LogP contribution < -0.4 is 10.6 Å². The van der Waals surface area contributed by atoms with Gasteiger partial charge in [-0.15, -0.1) is 30.6 Å². The molecule has 0 amide bonds. The highest BCUT2D eigenvalue weighted by molar-refractivity contribution is 14.0. The Balaban J connectivity index is 0. The molecule has 0 aliphatic carbocycles. The van der Waals surface area contributed by atoms with Crippen LogP contribution in [0.15, 0.2) is 17.6 Å². The van der Waals surface area contributed by atoms with Gasteiger partial charge >= 0.3 is 6.18 Å². The summed E-state index contributed by atoms with van der Waals surface area (Å²) in [7, 11) is 1.46. The number of hydrogen-bond acceptors (Lipinski definition) is 2. The minimum atomic E-state index is -4.14. The second-order valence-electron chi connectivity index (χ2n) is 4.14. The third kappa shape index (κ3) is 13.9. The van der Waals surface area contributed by atoms with Gasteiger partial charge < -0.3 is 10.6 Å². The molecule has 0 aromatic carbocycles. The maximum Gasteiger partial charge on any atom is 0.401 e. The van der Waals surface area contributed by atoms with Crippen LogP contribution in [0.4, 0.5) is 13.2 Å². The number of rotatable bonds is 8. The van der Waals surface area contributed by atoms with Crippen LogP contribution in [0.3, 0.4) is 0 Å². The van der Waals surface area contributed by atoms with Gasteiger partial charge in [-0.3, -0.25) is 9.89 Å². The van der Waals surface area contributed by atoms with Gasteiger partial charge in [-0.1, -0.05) is 6.08 Å². The summed E-state index contributed by atoms with van der Waals surface area (Å²) in [6.45, 7) is 6.83. The topological polar surface area (TPSA) is 39.7 Å². The van der Waals surface area contributed by atoms with Gasteiger partial charge in [0.05, 0.1) is 6.54 Å². The summed E-state index contributed by atoms with van der Waals surface area (Å²) in [5.74, 6) is 0.654. The highest BCUT2D eigenvalue weighted by Gasteiger charge is 2.28. The molecule has 0 heterocycles. The first-order valence-electron chi connectivity index (χ1n) is 6.27. The van der Waals surface area contributed by atoms with Crippen molar-refractivity contribution >= 4 is 29.9 Å². The first-order chi connectivity index (χ1) is 8.89. The molecular formula is C12H24F3IN4. The average Bonchev–Trinajstić information content (AvgIpc) is 2.29. The Kier molecular flexibility index (Phi) is 13.3. The van der Waals surface area contributed by atoms with Crippen molar-refractivity contribution in [2.24, 2.45) is 4.99 Å². The second-order valence-corrected chi connectivity index (χ2v) is 4.14. The average molecular weight is 408 g/mol. The van der Waals surface area contributed by atoms with E-state index in [2.05, 4.69) is 22.2 Å². The molecule has 120 valence electrons. The Morgan fingerprint density at radius 2 is 2.00 bits per heavy atom. The molecule has 0 atom stereocenters. The summed E-state index contributed by atoms with van der Waals surface area (Å²) in [6.07, 6.45) is -1.85. The molecule has 8 heteroatoms. The molecular weight excluding hydrogens is 384 g/mol. The maximum atomic E-state index is 12.1. The summed E-state index contributed by atoms with van der Waals surface area (Å²) in [6, 6.07) is 0. The molecule has 0 fully saturated rings. The summed E-state index contributed by atoms with van der Waals surface area (Å²) < 4.78 is 36.3. The van der Waals surface area contributed by atoms with Crippen molar-refractivity contribution in [1.29, 1.82) is 0 Å². The third-order valence-corrected chi connectivity index (χ3v) is 2.18. The fourth-order valence-corrected chi connectivity index (χ4v) is 1.43. The normalized spacial score (nSPS) is 12.0. The predicted molar refractivity (Wildman–Crippen MR) is 87.8 cm³/mol. The minimum Gasteiger partial charge on any atom is -0.357 e. The molecule has 20 heavy (non-hydrogen) atoms. The zero-order valence-corrected chi connectivity index (χ0v) is 14.3. The van der Waals surface area contributed by atoms with Crippen molar-refractivity contribution in [3.8, 4) is 0 Å². The molecule has 0 radical (unpaired) electrons. The highest BCUT2D eigenvalue weighted by Crippen LogP contribution is 2.15. The number of alkyl halides is 3. The van der Waals surface area contributed by atoms with Crippen LogP contribution in [0.1, 0.15) is 13.3 Å². The largest absolute Gasteiger partial charge is 0.401 e. The number of aliphatic imine (C=N–C) groups is 1. The van der Waals surface area contributed by atoms with E-state index in [-0.39, 0.29) is 24.0 Å². The second kappa shape index (κ2) is 12.2. The Morgan fingerprint density at radius 1 is 1.35 bits per heavy atom. The van der Waals surface area contributed by atoms with Gasteiger partial charge in [0, 0.05) is 19.6 Å². The Morgan fingerprint density at radius 3 is 2.50 bits per heavy atom. The fraction of sp³-hybridized carbons (Fsp3) is 0.750. The Hall–Kier alpha value is -0.510. The van der Waals surface area contributed by atoms with Gasteiger partial charge in [-0.05, 0) is 26.9 Å². The van der Waals surface area contributed by atoms with E-state index in [1.54, 1.807) is 6.08 Å². The number of nitrogens with zero attached hydrogens (tertiary/aromatic N) is 2. The number of guanidine groups is 1. The van der Waals surface area contributed by atoms with Crippen molar-refractivity contribution in [3.05, 3.63) is 12.7 Å². The zero-order chi connectivity index (χ0) is 14.7. The first kappa shape index (κ1) is 21.8. The van der Waals surface area contributed by atoms with E-state index in [1.165, 1.54) is 11.9 Å². The van der Waals surface area contributed by atoms with Crippen LogP contribution in [0.25, 0.3) is 0 Å². The number of halogens is 4. The molecule has 4 nitrogen and oxygen atoms in total. The SMILES string of the molecule is C=CCNC(=NCCCN(C)CC(F)(F)F)NCC.I. The highest BCUT2D eigenvalue weighted by atomic mass is 127. The van der Waals surface area contributed by atoms with Gasteiger partial charge in [-0.2, -0.15) is 13.2 Å². The minimum absolute atomic E-state index is 0. The van der Waals surface area contributed by atoms with Crippen LogP contribution in [0.5, 0.6) is 0 Å². The molecule has 0 spiro atoms. The van der Waals surface area contributed by atoms with Crippen LogP contribution >= 0.6 is 24.0 Å². The third-order valence-electron chi connectivity index (χ3n) is 2.18. The van der Waals surface area contributed by atoms with E-state index in [0.29, 0.717) is 32.0 Å². The fourth-order valence-electron chi connectivity index (χ4n) is 1.43. The Bertz CT molecular complexity index is 282. The predicted octanol–water partition coefficient (Wildman–Crippen LogP) is 2.23. The van der Waals surface area contributed by atoms with E-state index < -0.39 is 12.7 Å². The number of nitrogens with one attached hydrogen (secondary N) is 2. The van der Waals surface area contributed by atoms with Crippen molar-refractivity contribution < 1.29 is 13.2 Å². The van der Waals surface area contributed by atoms with Crippen molar-refractivity contribution in [1.82, 2.24) is 15.5 Å². The van der Waals surface area contributed by atoms with E-state index in [1.807, 2.05) is 6.92 Å². The summed E-state index contributed by atoms with van der Waals surface area (Å²) >= 11 is 0. The van der Waals surface area contributed by atoms with E-state index in [9.17, 15) is 13.2 Å². The first-order valence-corrected chi connectivity index (χ1v) is 6.27. The molecule has 0 aliphatic heterocycles. The van der Waals surface area contributed by atoms with E-state index >= 15 is 0 Å².